The van der Waals surface area contributed by atoms with Crippen molar-refractivity contribution in [2.24, 2.45) is 5.73 Å². The van der Waals surface area contributed by atoms with Crippen molar-refractivity contribution in [1.82, 2.24) is 4.90 Å². The van der Waals surface area contributed by atoms with Crippen LogP contribution in [0.3, 0.4) is 0 Å². The lowest BCUT2D eigenvalue weighted by Crippen LogP contribution is -2.47. The molecule has 2 aliphatic rings. The van der Waals surface area contributed by atoms with Gasteiger partial charge >= 0.3 is 0 Å². The third-order valence-electron chi connectivity index (χ3n) is 6.63. The normalized spacial score (nSPS) is 21.2. The van der Waals surface area contributed by atoms with Crippen LogP contribution < -0.4 is 10.5 Å². The molecule has 29 heavy (non-hydrogen) atoms. The van der Waals surface area contributed by atoms with Crippen LogP contribution in [0.4, 0.5) is 0 Å². The molecule has 1 saturated carbocycles. The fraction of sp³-hybridized carbons (Fsp3) is 0.636. The number of likely N-dealkylation sites (tertiary alicyclic amines) is 1. The lowest BCUT2D eigenvalue weighted by Gasteiger charge is -2.43. The minimum atomic E-state index is -0.602. The zero-order valence-electron chi connectivity index (χ0n) is 17.1. The SMILES string of the molecule is COc1ccc2scc(C(CN3CCC(N)CC3)C3(O)CCCCC3)c2c1.Cl.Cl. The zero-order chi connectivity index (χ0) is 18.9. The number of nitrogens with two attached hydrogens (primary N) is 1. The molecule has 2 fully saturated rings. The minimum Gasteiger partial charge on any atom is -0.497 e. The Labute approximate surface area is 190 Å². The zero-order valence-corrected chi connectivity index (χ0v) is 19.6. The van der Waals surface area contributed by atoms with E-state index < -0.39 is 5.60 Å². The van der Waals surface area contributed by atoms with Crippen molar-refractivity contribution in [1.29, 1.82) is 0 Å². The summed E-state index contributed by atoms with van der Waals surface area (Å²) >= 11 is 1.78. The van der Waals surface area contributed by atoms with Gasteiger partial charge in [-0.2, -0.15) is 0 Å². The molecule has 4 rings (SSSR count). The Bertz CT molecular complexity index is 771. The first-order valence-corrected chi connectivity index (χ1v) is 11.2. The second-order valence-electron chi connectivity index (χ2n) is 8.41. The van der Waals surface area contributed by atoms with Crippen molar-refractivity contribution in [2.75, 3.05) is 26.7 Å². The van der Waals surface area contributed by atoms with Crippen LogP contribution in [0.15, 0.2) is 23.6 Å². The summed E-state index contributed by atoms with van der Waals surface area (Å²) in [6.07, 6.45) is 7.43. The summed E-state index contributed by atoms with van der Waals surface area (Å²) in [5.74, 6) is 1.04. The molecule has 1 aromatic carbocycles. The molecule has 1 unspecified atom stereocenters. The molecule has 1 atom stereocenters. The number of methoxy groups -OCH3 is 1. The number of fused-ring (bicyclic) bond motifs is 1. The van der Waals surface area contributed by atoms with Gasteiger partial charge in [0.1, 0.15) is 5.75 Å². The quantitative estimate of drug-likeness (QED) is 0.661. The Balaban J connectivity index is 0.00000150. The number of piperidine rings is 1. The van der Waals surface area contributed by atoms with Crippen LogP contribution in [0.1, 0.15) is 56.4 Å². The average Bonchev–Trinajstić information content (AvgIpc) is 3.10. The molecule has 1 saturated heterocycles. The third kappa shape index (κ3) is 5.38. The molecule has 0 bridgehead atoms. The average molecular weight is 461 g/mol. The van der Waals surface area contributed by atoms with Crippen molar-refractivity contribution >= 4 is 46.2 Å². The second-order valence-corrected chi connectivity index (χ2v) is 9.32. The number of hydrogen-bond donors (Lipinski definition) is 2. The number of ether oxygens (including phenoxy) is 1. The van der Waals surface area contributed by atoms with Crippen LogP contribution in [-0.2, 0) is 0 Å². The number of rotatable bonds is 5. The van der Waals surface area contributed by atoms with Gasteiger partial charge in [0.2, 0.25) is 0 Å². The molecule has 7 heteroatoms. The molecule has 1 aliphatic carbocycles. The van der Waals surface area contributed by atoms with Crippen LogP contribution in [0.5, 0.6) is 5.75 Å². The standard InChI is InChI=1S/C22H32N2O2S.2ClH/c1-26-17-5-6-21-18(13-17)19(15-27-21)20(22(25)9-3-2-4-10-22)14-24-11-7-16(23)8-12-24;;/h5-6,13,15-16,20,25H,2-4,7-12,14,23H2,1H3;2*1H. The topological polar surface area (TPSA) is 58.7 Å². The van der Waals surface area contributed by atoms with Crippen molar-refractivity contribution in [2.45, 2.75) is 62.5 Å². The first-order valence-electron chi connectivity index (χ1n) is 10.3. The maximum atomic E-state index is 11.7. The van der Waals surface area contributed by atoms with E-state index in [2.05, 4.69) is 22.4 Å². The molecule has 0 amide bonds. The van der Waals surface area contributed by atoms with Gasteiger partial charge in [-0.15, -0.1) is 36.2 Å². The van der Waals surface area contributed by atoms with E-state index in [1.807, 2.05) is 6.07 Å². The van der Waals surface area contributed by atoms with Gasteiger partial charge in [-0.1, -0.05) is 19.3 Å². The van der Waals surface area contributed by atoms with Gasteiger partial charge < -0.3 is 20.5 Å². The van der Waals surface area contributed by atoms with Gasteiger partial charge in [-0.3, -0.25) is 0 Å². The summed E-state index contributed by atoms with van der Waals surface area (Å²) in [4.78, 5) is 2.52. The van der Waals surface area contributed by atoms with E-state index in [4.69, 9.17) is 10.5 Å². The number of benzene rings is 1. The molecule has 1 aromatic heterocycles. The van der Waals surface area contributed by atoms with Gasteiger partial charge in [-0.25, -0.2) is 0 Å². The van der Waals surface area contributed by atoms with Crippen molar-refractivity contribution < 1.29 is 9.84 Å². The Kier molecular flexibility index (Phi) is 9.07. The Morgan fingerprint density at radius 1 is 1.21 bits per heavy atom. The molecule has 4 nitrogen and oxygen atoms in total. The van der Waals surface area contributed by atoms with Gasteiger partial charge in [0.05, 0.1) is 12.7 Å². The Morgan fingerprint density at radius 2 is 1.90 bits per heavy atom. The van der Waals surface area contributed by atoms with E-state index in [0.29, 0.717) is 6.04 Å². The molecule has 2 heterocycles. The molecule has 2 aromatic rings. The molecule has 0 radical (unpaired) electrons. The highest BCUT2D eigenvalue weighted by Crippen LogP contribution is 2.44. The van der Waals surface area contributed by atoms with Crippen LogP contribution in [0.25, 0.3) is 10.1 Å². The maximum absolute atomic E-state index is 11.7. The molecular formula is C22H34Cl2N2O2S. The first kappa shape index (κ1) is 24.7. The lowest BCUT2D eigenvalue weighted by atomic mass is 9.72. The largest absolute Gasteiger partial charge is 0.497 e. The van der Waals surface area contributed by atoms with Crippen LogP contribution in [-0.4, -0.2) is 48.4 Å². The summed E-state index contributed by atoms with van der Waals surface area (Å²) in [7, 11) is 1.72. The number of hydrogen-bond acceptors (Lipinski definition) is 5. The Hall–Kier alpha value is -0.560. The highest BCUT2D eigenvalue weighted by atomic mass is 35.5. The van der Waals surface area contributed by atoms with E-state index in [1.54, 1.807) is 18.4 Å². The summed E-state index contributed by atoms with van der Waals surface area (Å²) in [6, 6.07) is 6.65. The van der Waals surface area contributed by atoms with Crippen molar-refractivity contribution in [3.63, 3.8) is 0 Å². The molecular weight excluding hydrogens is 427 g/mol. The van der Waals surface area contributed by atoms with Gasteiger partial charge in [0, 0.05) is 23.2 Å². The smallest absolute Gasteiger partial charge is 0.119 e. The predicted octanol–water partition coefficient (Wildman–Crippen LogP) is 4.96. The van der Waals surface area contributed by atoms with Gasteiger partial charge in [-0.05, 0) is 73.3 Å². The fourth-order valence-electron chi connectivity index (χ4n) is 4.89. The third-order valence-corrected chi connectivity index (χ3v) is 7.61. The van der Waals surface area contributed by atoms with Crippen LogP contribution in [0, 0.1) is 0 Å². The van der Waals surface area contributed by atoms with E-state index >= 15 is 0 Å². The first-order chi connectivity index (χ1) is 13.1. The van der Waals surface area contributed by atoms with E-state index in [9.17, 15) is 5.11 Å². The summed E-state index contributed by atoms with van der Waals surface area (Å²) in [5, 5.41) is 15.2. The molecule has 3 N–H and O–H groups in total. The van der Waals surface area contributed by atoms with Gasteiger partial charge in [0.25, 0.3) is 0 Å². The monoisotopic (exact) mass is 460 g/mol. The lowest BCUT2D eigenvalue weighted by molar-refractivity contribution is -0.0319. The maximum Gasteiger partial charge on any atom is 0.119 e. The van der Waals surface area contributed by atoms with Crippen LogP contribution >= 0.6 is 36.2 Å². The van der Waals surface area contributed by atoms with Crippen LogP contribution in [0.2, 0.25) is 0 Å². The number of thiophene rings is 1. The number of aliphatic hydroxyl groups is 1. The molecule has 1 aliphatic heterocycles. The minimum absolute atomic E-state index is 0. The highest BCUT2D eigenvalue weighted by molar-refractivity contribution is 7.17. The second kappa shape index (κ2) is 10.7. The van der Waals surface area contributed by atoms with E-state index in [-0.39, 0.29) is 30.7 Å². The number of nitrogens with zero attached hydrogens (tertiary/aromatic N) is 1. The molecule has 164 valence electrons. The van der Waals surface area contributed by atoms with E-state index in [1.165, 1.54) is 22.1 Å². The van der Waals surface area contributed by atoms with Gasteiger partial charge in [0.15, 0.2) is 0 Å². The predicted molar refractivity (Wildman–Crippen MR) is 127 cm³/mol. The summed E-state index contributed by atoms with van der Waals surface area (Å²) in [6.45, 7) is 3.00. The summed E-state index contributed by atoms with van der Waals surface area (Å²) < 4.78 is 6.75. The fourth-order valence-corrected chi connectivity index (χ4v) is 5.88. The Morgan fingerprint density at radius 3 is 2.55 bits per heavy atom. The summed E-state index contributed by atoms with van der Waals surface area (Å²) in [5.41, 5.74) is 6.81. The highest BCUT2D eigenvalue weighted by Gasteiger charge is 2.40. The van der Waals surface area contributed by atoms with E-state index in [0.717, 1.165) is 63.9 Å². The molecule has 0 spiro atoms. The van der Waals surface area contributed by atoms with Crippen molar-refractivity contribution in [3.8, 4) is 5.75 Å². The van der Waals surface area contributed by atoms with Crippen molar-refractivity contribution in [3.05, 3.63) is 29.1 Å². The number of halogens is 2.